The van der Waals surface area contributed by atoms with E-state index >= 15 is 0 Å². The Labute approximate surface area is 119 Å². The second kappa shape index (κ2) is 5.79. The number of hydrogen-bond acceptors (Lipinski definition) is 3. The third-order valence-corrected chi connectivity index (χ3v) is 4.13. The Kier molecular flexibility index (Phi) is 3.87. The molecule has 5 nitrogen and oxygen atoms in total. The third-order valence-electron chi connectivity index (χ3n) is 4.13. The monoisotopic (exact) mass is 275 g/mol. The number of amides is 1. The predicted molar refractivity (Wildman–Crippen MR) is 75.1 cm³/mol. The maximum atomic E-state index is 11.9. The zero-order valence-electron chi connectivity index (χ0n) is 11.9. The molecule has 108 valence electrons. The van der Waals surface area contributed by atoms with Crippen LogP contribution in [0.3, 0.4) is 0 Å². The molecular weight excluding hydrogens is 254 g/mol. The summed E-state index contributed by atoms with van der Waals surface area (Å²) in [5, 5.41) is 7.58. The van der Waals surface area contributed by atoms with E-state index in [4.69, 9.17) is 4.74 Å². The predicted octanol–water partition coefficient (Wildman–Crippen LogP) is 1.12. The molecule has 0 bridgehead atoms. The Balaban J connectivity index is 1.55. The van der Waals surface area contributed by atoms with Crippen molar-refractivity contribution in [3.8, 4) is 0 Å². The van der Waals surface area contributed by atoms with E-state index in [0.29, 0.717) is 13.2 Å². The molecule has 0 fully saturated rings. The third kappa shape index (κ3) is 2.63. The van der Waals surface area contributed by atoms with E-state index in [-0.39, 0.29) is 11.8 Å². The van der Waals surface area contributed by atoms with Crippen LogP contribution < -0.4 is 5.32 Å². The summed E-state index contributed by atoms with van der Waals surface area (Å²) in [6.07, 6.45) is 7.61. The van der Waals surface area contributed by atoms with E-state index in [0.717, 1.165) is 38.0 Å². The normalized spacial score (nSPS) is 18.2. The van der Waals surface area contributed by atoms with Gasteiger partial charge in [-0.15, -0.1) is 0 Å². The summed E-state index contributed by atoms with van der Waals surface area (Å²) < 4.78 is 7.46. The first-order chi connectivity index (χ1) is 9.75. The number of carbonyl (C=O) groups excluding carboxylic acids is 1. The molecular formula is C15H21N3O2. The van der Waals surface area contributed by atoms with Crippen molar-refractivity contribution < 1.29 is 9.53 Å². The minimum atomic E-state index is 0.135. The van der Waals surface area contributed by atoms with Gasteiger partial charge in [0.05, 0.1) is 18.9 Å². The van der Waals surface area contributed by atoms with E-state index in [9.17, 15) is 4.79 Å². The van der Waals surface area contributed by atoms with Crippen molar-refractivity contribution in [1.29, 1.82) is 0 Å². The molecule has 2 aliphatic rings. The van der Waals surface area contributed by atoms with Gasteiger partial charge in [0.1, 0.15) is 0 Å². The van der Waals surface area contributed by atoms with Crippen LogP contribution in [0.5, 0.6) is 0 Å². The lowest BCUT2D eigenvalue weighted by molar-refractivity contribution is -0.124. The van der Waals surface area contributed by atoms with Crippen LogP contribution in [0, 0.1) is 5.92 Å². The molecule has 1 N–H and O–H groups in total. The molecule has 20 heavy (non-hydrogen) atoms. The van der Waals surface area contributed by atoms with Gasteiger partial charge < -0.3 is 10.1 Å². The molecule has 0 unspecified atom stereocenters. The molecule has 1 aromatic rings. The van der Waals surface area contributed by atoms with E-state index in [1.807, 2.05) is 11.7 Å². The van der Waals surface area contributed by atoms with Crippen LogP contribution in [0.1, 0.15) is 29.8 Å². The Hall–Kier alpha value is -1.62. The van der Waals surface area contributed by atoms with Gasteiger partial charge in [-0.2, -0.15) is 5.10 Å². The molecule has 0 spiro atoms. The number of allylic oxidation sites excluding steroid dienone is 2. The highest BCUT2D eigenvalue weighted by molar-refractivity contribution is 5.79. The van der Waals surface area contributed by atoms with Gasteiger partial charge in [-0.3, -0.25) is 9.48 Å². The van der Waals surface area contributed by atoms with Gasteiger partial charge >= 0.3 is 0 Å². The quantitative estimate of drug-likeness (QED) is 0.838. The van der Waals surface area contributed by atoms with Crippen molar-refractivity contribution >= 4 is 5.91 Å². The Morgan fingerprint density at radius 2 is 2.30 bits per heavy atom. The minimum Gasteiger partial charge on any atom is -0.376 e. The van der Waals surface area contributed by atoms with E-state index < -0.39 is 0 Å². The zero-order chi connectivity index (χ0) is 13.9. The van der Waals surface area contributed by atoms with Gasteiger partial charge in [0.15, 0.2) is 0 Å². The summed E-state index contributed by atoms with van der Waals surface area (Å²) in [7, 11) is 1.98. The first-order valence-corrected chi connectivity index (χ1v) is 7.30. The lowest BCUT2D eigenvalue weighted by Gasteiger charge is -2.14. The second-order valence-corrected chi connectivity index (χ2v) is 5.48. The maximum absolute atomic E-state index is 11.9. The molecule has 2 heterocycles. The molecule has 0 radical (unpaired) electrons. The van der Waals surface area contributed by atoms with Crippen molar-refractivity contribution in [1.82, 2.24) is 15.1 Å². The SMILES string of the molecule is Cn1nc(CCNC(=O)C2CC=CC2)c2c1CCOC2. The molecule has 0 atom stereocenters. The van der Waals surface area contributed by atoms with Crippen LogP contribution in [0.15, 0.2) is 12.2 Å². The highest BCUT2D eigenvalue weighted by atomic mass is 16.5. The van der Waals surface area contributed by atoms with Gasteiger partial charge in [0.2, 0.25) is 5.91 Å². The lowest BCUT2D eigenvalue weighted by Crippen LogP contribution is -2.31. The highest BCUT2D eigenvalue weighted by Crippen LogP contribution is 2.20. The van der Waals surface area contributed by atoms with Crippen molar-refractivity contribution in [2.45, 2.75) is 32.3 Å². The number of nitrogens with zero attached hydrogens (tertiary/aromatic N) is 2. The Bertz CT molecular complexity index is 525. The fourth-order valence-electron chi connectivity index (χ4n) is 2.97. The van der Waals surface area contributed by atoms with Gasteiger partial charge in [-0.1, -0.05) is 12.2 Å². The van der Waals surface area contributed by atoms with Crippen LogP contribution in [-0.2, 0) is 36.0 Å². The smallest absolute Gasteiger partial charge is 0.223 e. The molecule has 1 aliphatic carbocycles. The highest BCUT2D eigenvalue weighted by Gasteiger charge is 2.21. The topological polar surface area (TPSA) is 56.2 Å². The number of rotatable bonds is 4. The summed E-state index contributed by atoms with van der Waals surface area (Å²) in [5.74, 6) is 0.298. The number of fused-ring (bicyclic) bond motifs is 1. The molecule has 0 aromatic carbocycles. The summed E-state index contributed by atoms with van der Waals surface area (Å²) in [5.41, 5.74) is 3.56. The first-order valence-electron chi connectivity index (χ1n) is 7.30. The van der Waals surface area contributed by atoms with Crippen molar-refractivity contribution in [3.05, 3.63) is 29.1 Å². The minimum absolute atomic E-state index is 0.135. The fourth-order valence-corrected chi connectivity index (χ4v) is 2.97. The Morgan fingerprint density at radius 1 is 1.50 bits per heavy atom. The Morgan fingerprint density at radius 3 is 3.10 bits per heavy atom. The number of carbonyl (C=O) groups is 1. The number of aryl methyl sites for hydroxylation is 1. The molecule has 1 aromatic heterocycles. The summed E-state index contributed by atoms with van der Waals surface area (Å²) in [6, 6.07) is 0. The number of nitrogens with one attached hydrogen (secondary N) is 1. The van der Waals surface area contributed by atoms with Crippen molar-refractivity contribution in [2.75, 3.05) is 13.2 Å². The second-order valence-electron chi connectivity index (χ2n) is 5.48. The summed E-state index contributed by atoms with van der Waals surface area (Å²) in [6.45, 7) is 2.08. The molecule has 0 saturated heterocycles. The molecule has 1 amide bonds. The number of aromatic nitrogens is 2. The molecule has 0 saturated carbocycles. The number of hydrogen-bond donors (Lipinski definition) is 1. The zero-order valence-corrected chi connectivity index (χ0v) is 11.9. The van der Waals surface area contributed by atoms with Crippen LogP contribution in [0.2, 0.25) is 0 Å². The molecule has 3 rings (SSSR count). The van der Waals surface area contributed by atoms with Gasteiger partial charge in [-0.05, 0) is 12.8 Å². The molecule has 5 heteroatoms. The van der Waals surface area contributed by atoms with E-state index in [1.165, 1.54) is 11.3 Å². The van der Waals surface area contributed by atoms with Gasteiger partial charge in [-0.25, -0.2) is 0 Å². The molecule has 1 aliphatic heterocycles. The number of ether oxygens (including phenoxy) is 1. The standard InChI is InChI=1S/C15H21N3O2/c1-18-14-7-9-20-10-12(14)13(17-18)6-8-16-15(19)11-4-2-3-5-11/h2-3,11H,4-10H2,1H3,(H,16,19). The van der Waals surface area contributed by atoms with Crippen LogP contribution >= 0.6 is 0 Å². The first kappa shape index (κ1) is 13.4. The van der Waals surface area contributed by atoms with Crippen molar-refractivity contribution in [3.63, 3.8) is 0 Å². The van der Waals surface area contributed by atoms with Crippen LogP contribution in [0.4, 0.5) is 0 Å². The van der Waals surface area contributed by atoms with Crippen molar-refractivity contribution in [2.24, 2.45) is 13.0 Å². The van der Waals surface area contributed by atoms with Gasteiger partial charge in [0.25, 0.3) is 0 Å². The van der Waals surface area contributed by atoms with Crippen LogP contribution in [0.25, 0.3) is 0 Å². The van der Waals surface area contributed by atoms with E-state index in [1.54, 1.807) is 0 Å². The van der Waals surface area contributed by atoms with E-state index in [2.05, 4.69) is 22.6 Å². The van der Waals surface area contributed by atoms with Gasteiger partial charge in [0, 0.05) is 43.6 Å². The largest absolute Gasteiger partial charge is 0.376 e. The fraction of sp³-hybridized carbons (Fsp3) is 0.600. The van der Waals surface area contributed by atoms with Crippen LogP contribution in [-0.4, -0.2) is 28.8 Å². The average Bonchev–Trinajstić information content (AvgIpc) is 3.09. The average molecular weight is 275 g/mol. The lowest BCUT2D eigenvalue weighted by atomic mass is 10.1. The maximum Gasteiger partial charge on any atom is 0.223 e. The summed E-state index contributed by atoms with van der Waals surface area (Å²) >= 11 is 0. The summed E-state index contributed by atoms with van der Waals surface area (Å²) in [4.78, 5) is 11.9.